The molecule has 12 heteroatoms. The highest BCUT2D eigenvalue weighted by Gasteiger charge is 2.20. The molecule has 0 spiro atoms. The van der Waals surface area contributed by atoms with E-state index in [4.69, 9.17) is 4.52 Å². The Morgan fingerprint density at radius 1 is 1.27 bits per heavy atom. The van der Waals surface area contributed by atoms with Crippen LogP contribution >= 0.6 is 24.0 Å². The molecule has 1 aliphatic heterocycles. The van der Waals surface area contributed by atoms with Crippen molar-refractivity contribution in [2.24, 2.45) is 12.0 Å². The number of halogens is 1. The summed E-state index contributed by atoms with van der Waals surface area (Å²) < 4.78 is 33.7. The van der Waals surface area contributed by atoms with Crippen molar-refractivity contribution in [3.05, 3.63) is 36.5 Å². The van der Waals surface area contributed by atoms with Crippen LogP contribution in [-0.4, -0.2) is 79.7 Å². The van der Waals surface area contributed by atoms with Crippen molar-refractivity contribution in [3.63, 3.8) is 0 Å². The second kappa shape index (κ2) is 11.7. The molecule has 1 aliphatic rings. The van der Waals surface area contributed by atoms with Gasteiger partial charge in [0.1, 0.15) is 6.26 Å². The highest BCUT2D eigenvalue weighted by atomic mass is 127. The summed E-state index contributed by atoms with van der Waals surface area (Å²) in [7, 11) is -1.71. The van der Waals surface area contributed by atoms with Crippen LogP contribution in [0.5, 0.6) is 0 Å². The van der Waals surface area contributed by atoms with Crippen LogP contribution < -0.4 is 10.0 Å². The summed E-state index contributed by atoms with van der Waals surface area (Å²) in [6, 6.07) is 3.46. The fourth-order valence-electron chi connectivity index (χ4n) is 3.15. The standard InChI is InChI=1S/C18H29N7O3S.HI/c1-3-19-18(20-6-7-21-29(26,27)17-4-8-23(2)15-17)25-11-9-24(10-12-25)14-16-5-13-28-22-16;/h4-5,8,13,15,21H,3,6-7,9-12,14H2,1-2H3,(H,19,20);1H. The monoisotopic (exact) mass is 551 g/mol. The summed E-state index contributed by atoms with van der Waals surface area (Å²) >= 11 is 0. The summed E-state index contributed by atoms with van der Waals surface area (Å²) in [5, 5.41) is 7.26. The minimum Gasteiger partial charge on any atom is -0.364 e. The van der Waals surface area contributed by atoms with Crippen LogP contribution in [0.25, 0.3) is 0 Å². The van der Waals surface area contributed by atoms with E-state index in [1.54, 1.807) is 36.3 Å². The predicted octanol–water partition coefficient (Wildman–Crippen LogP) is 0.693. The van der Waals surface area contributed by atoms with Crippen molar-refractivity contribution in [1.29, 1.82) is 0 Å². The largest absolute Gasteiger partial charge is 0.364 e. The van der Waals surface area contributed by atoms with Crippen molar-refractivity contribution in [3.8, 4) is 0 Å². The van der Waals surface area contributed by atoms with Gasteiger partial charge in [0.05, 0.1) is 17.1 Å². The van der Waals surface area contributed by atoms with E-state index in [0.717, 1.165) is 50.9 Å². The van der Waals surface area contributed by atoms with Crippen molar-refractivity contribution in [2.45, 2.75) is 18.4 Å². The molecule has 2 aromatic rings. The molecule has 1 fully saturated rings. The highest BCUT2D eigenvalue weighted by Crippen LogP contribution is 2.08. The van der Waals surface area contributed by atoms with Gasteiger partial charge in [0.2, 0.25) is 10.0 Å². The van der Waals surface area contributed by atoms with E-state index in [1.807, 2.05) is 13.0 Å². The summed E-state index contributed by atoms with van der Waals surface area (Å²) in [5.74, 6) is 0.812. The Morgan fingerprint density at radius 2 is 2.03 bits per heavy atom. The maximum atomic E-state index is 12.3. The third kappa shape index (κ3) is 6.96. The Kier molecular flexibility index (Phi) is 9.58. The number of aromatic nitrogens is 2. The molecular formula is C18H30IN7O3S. The average molecular weight is 551 g/mol. The third-order valence-corrected chi connectivity index (χ3v) is 6.11. The molecule has 2 aromatic heterocycles. The van der Waals surface area contributed by atoms with Crippen LogP contribution in [0.4, 0.5) is 0 Å². The van der Waals surface area contributed by atoms with Crippen molar-refractivity contribution in [2.75, 3.05) is 45.8 Å². The summed E-state index contributed by atoms with van der Waals surface area (Å²) in [5.41, 5.74) is 0.935. The second-order valence-electron chi connectivity index (χ2n) is 6.90. The minimum atomic E-state index is -3.50. The maximum absolute atomic E-state index is 12.3. The summed E-state index contributed by atoms with van der Waals surface area (Å²) in [6.45, 7) is 7.67. The first-order valence-corrected chi connectivity index (χ1v) is 11.2. The van der Waals surface area contributed by atoms with E-state index < -0.39 is 10.0 Å². The number of piperazine rings is 1. The zero-order chi connectivity index (χ0) is 20.7. The zero-order valence-electron chi connectivity index (χ0n) is 17.3. The number of hydrogen-bond acceptors (Lipinski definition) is 6. The number of aryl methyl sites for hydroxylation is 1. The van der Waals surface area contributed by atoms with Gasteiger partial charge in [0.25, 0.3) is 0 Å². The van der Waals surface area contributed by atoms with Crippen LogP contribution in [0, 0.1) is 0 Å². The van der Waals surface area contributed by atoms with Gasteiger partial charge < -0.3 is 19.3 Å². The first-order chi connectivity index (χ1) is 14.0. The number of hydrogen-bond donors (Lipinski definition) is 2. The lowest BCUT2D eigenvalue weighted by molar-refractivity contribution is 0.169. The molecule has 0 unspecified atom stereocenters. The molecule has 2 N–H and O–H groups in total. The lowest BCUT2D eigenvalue weighted by Gasteiger charge is -2.36. The second-order valence-corrected chi connectivity index (χ2v) is 8.67. The van der Waals surface area contributed by atoms with Crippen LogP contribution in [0.3, 0.4) is 0 Å². The molecule has 1 saturated heterocycles. The molecule has 0 saturated carbocycles. The van der Waals surface area contributed by atoms with E-state index in [-0.39, 0.29) is 35.4 Å². The Bertz CT molecular complexity index is 891. The van der Waals surface area contributed by atoms with Gasteiger partial charge in [-0.2, -0.15) is 0 Å². The highest BCUT2D eigenvalue weighted by molar-refractivity contribution is 14.0. The summed E-state index contributed by atoms with van der Waals surface area (Å²) in [6.07, 6.45) is 4.88. The number of aliphatic imine (C=N–C) groups is 1. The SMILES string of the molecule is CCNC(=NCCNS(=O)(=O)c1ccn(C)c1)N1CCN(Cc2ccon2)CC1.I. The first kappa shape index (κ1) is 24.6. The van der Waals surface area contributed by atoms with Gasteiger partial charge in [0.15, 0.2) is 5.96 Å². The lowest BCUT2D eigenvalue weighted by atomic mass is 10.3. The Balaban J connectivity index is 0.00000320. The van der Waals surface area contributed by atoms with Crippen molar-refractivity contribution in [1.82, 2.24) is 29.6 Å². The van der Waals surface area contributed by atoms with Crippen molar-refractivity contribution >= 4 is 40.0 Å². The normalized spacial score (nSPS) is 15.8. The average Bonchev–Trinajstić information content (AvgIpc) is 3.37. The topological polar surface area (TPSA) is 108 Å². The molecule has 168 valence electrons. The van der Waals surface area contributed by atoms with E-state index in [9.17, 15) is 8.42 Å². The first-order valence-electron chi connectivity index (χ1n) is 9.74. The van der Waals surface area contributed by atoms with Crippen molar-refractivity contribution < 1.29 is 12.9 Å². The number of guanidine groups is 1. The van der Waals surface area contributed by atoms with Gasteiger partial charge in [-0.1, -0.05) is 5.16 Å². The van der Waals surface area contributed by atoms with E-state index in [1.165, 1.54) is 0 Å². The molecule has 0 bridgehead atoms. The zero-order valence-corrected chi connectivity index (χ0v) is 20.5. The van der Waals surface area contributed by atoms with E-state index in [2.05, 4.69) is 30.0 Å². The quantitative estimate of drug-likeness (QED) is 0.215. The van der Waals surface area contributed by atoms with Gasteiger partial charge in [-0.05, 0) is 13.0 Å². The maximum Gasteiger partial charge on any atom is 0.242 e. The van der Waals surface area contributed by atoms with E-state index >= 15 is 0 Å². The Labute approximate surface area is 194 Å². The molecule has 30 heavy (non-hydrogen) atoms. The fraction of sp³-hybridized carbons (Fsp3) is 0.556. The van der Waals surface area contributed by atoms with Crippen LogP contribution in [-0.2, 0) is 23.6 Å². The smallest absolute Gasteiger partial charge is 0.242 e. The summed E-state index contributed by atoms with van der Waals surface area (Å²) in [4.78, 5) is 9.38. The Hall–Kier alpha value is -1.64. The van der Waals surface area contributed by atoms with Crippen LogP contribution in [0.1, 0.15) is 12.6 Å². The molecule has 3 rings (SSSR count). The fourth-order valence-corrected chi connectivity index (χ4v) is 4.23. The van der Waals surface area contributed by atoms with Gasteiger partial charge in [-0.15, -0.1) is 24.0 Å². The third-order valence-electron chi connectivity index (χ3n) is 4.66. The molecular weight excluding hydrogens is 521 g/mol. The molecule has 0 radical (unpaired) electrons. The molecule has 0 aliphatic carbocycles. The molecule has 10 nitrogen and oxygen atoms in total. The van der Waals surface area contributed by atoms with Gasteiger partial charge >= 0.3 is 0 Å². The Morgan fingerprint density at radius 3 is 2.63 bits per heavy atom. The molecule has 0 amide bonds. The van der Waals surface area contributed by atoms with Gasteiger partial charge in [-0.3, -0.25) is 9.89 Å². The van der Waals surface area contributed by atoms with Gasteiger partial charge in [0, 0.05) is 71.3 Å². The molecule has 0 atom stereocenters. The van der Waals surface area contributed by atoms with Crippen LogP contribution in [0.2, 0.25) is 0 Å². The minimum absolute atomic E-state index is 0. The van der Waals surface area contributed by atoms with Crippen LogP contribution in [0.15, 0.2) is 45.2 Å². The number of nitrogens with one attached hydrogen (secondary N) is 2. The molecule has 0 aromatic carbocycles. The predicted molar refractivity (Wildman–Crippen MR) is 125 cm³/mol. The molecule has 3 heterocycles. The van der Waals surface area contributed by atoms with E-state index in [0.29, 0.717) is 6.54 Å². The lowest BCUT2D eigenvalue weighted by Crippen LogP contribution is -2.52. The number of rotatable bonds is 8. The number of nitrogens with zero attached hydrogens (tertiary/aromatic N) is 5. The number of sulfonamides is 1. The van der Waals surface area contributed by atoms with Gasteiger partial charge in [-0.25, -0.2) is 13.1 Å².